The Labute approximate surface area is 155 Å². The molecule has 1 N–H and O–H groups in total. The number of anilines is 1. The number of esters is 1. The van der Waals surface area contributed by atoms with Gasteiger partial charge in [0, 0.05) is 5.69 Å². The Hall–Kier alpha value is -2.62. The van der Waals surface area contributed by atoms with Crippen LogP contribution in [0.5, 0.6) is 0 Å². The van der Waals surface area contributed by atoms with Crippen LogP contribution in [-0.4, -0.2) is 18.5 Å². The average Bonchev–Trinajstić information content (AvgIpc) is 2.59. The minimum Gasteiger partial charge on any atom is -0.452 e. The van der Waals surface area contributed by atoms with Gasteiger partial charge in [0.15, 0.2) is 6.61 Å². The lowest BCUT2D eigenvalue weighted by atomic mass is 10.00. The fourth-order valence-electron chi connectivity index (χ4n) is 3.28. The van der Waals surface area contributed by atoms with Crippen LogP contribution in [0, 0.1) is 20.8 Å². The molecule has 0 radical (unpaired) electrons. The van der Waals surface area contributed by atoms with Gasteiger partial charge in [-0.25, -0.2) is 4.79 Å². The van der Waals surface area contributed by atoms with Gasteiger partial charge in [-0.1, -0.05) is 49.7 Å². The highest BCUT2D eigenvalue weighted by Crippen LogP contribution is 2.22. The number of hydrogen-bond acceptors (Lipinski definition) is 3. The summed E-state index contributed by atoms with van der Waals surface area (Å²) in [5.74, 6) is -0.786. The molecule has 4 heteroatoms. The number of aryl methyl sites for hydroxylation is 5. The van der Waals surface area contributed by atoms with E-state index in [1.54, 1.807) is 0 Å². The van der Waals surface area contributed by atoms with E-state index in [1.165, 1.54) is 0 Å². The molecule has 0 unspecified atom stereocenters. The largest absolute Gasteiger partial charge is 0.452 e. The molecule has 0 bridgehead atoms. The maximum atomic E-state index is 12.4. The number of carbonyl (C=O) groups is 2. The minimum absolute atomic E-state index is 0.299. The van der Waals surface area contributed by atoms with E-state index in [2.05, 4.69) is 5.32 Å². The van der Waals surface area contributed by atoms with Crippen molar-refractivity contribution >= 4 is 17.6 Å². The number of amides is 1. The van der Waals surface area contributed by atoms with Crippen molar-refractivity contribution in [1.82, 2.24) is 0 Å². The molecule has 0 atom stereocenters. The summed E-state index contributed by atoms with van der Waals surface area (Å²) in [6.07, 6.45) is 1.65. The van der Waals surface area contributed by atoms with Crippen molar-refractivity contribution in [2.24, 2.45) is 0 Å². The molecule has 0 saturated carbocycles. The van der Waals surface area contributed by atoms with Crippen LogP contribution >= 0.6 is 0 Å². The second-order valence-corrected chi connectivity index (χ2v) is 6.56. The van der Waals surface area contributed by atoms with E-state index < -0.39 is 5.97 Å². The van der Waals surface area contributed by atoms with Crippen molar-refractivity contribution in [1.29, 1.82) is 0 Å². The average molecular weight is 353 g/mol. The van der Waals surface area contributed by atoms with Crippen LogP contribution in [0.15, 0.2) is 30.3 Å². The number of para-hydroxylation sites is 1. The van der Waals surface area contributed by atoms with Crippen LogP contribution < -0.4 is 5.32 Å². The zero-order valence-electron chi connectivity index (χ0n) is 16.2. The Balaban J connectivity index is 2.07. The van der Waals surface area contributed by atoms with Crippen LogP contribution in [0.4, 0.5) is 5.69 Å². The fourth-order valence-corrected chi connectivity index (χ4v) is 3.28. The number of ether oxygens (including phenoxy) is 1. The minimum atomic E-state index is -0.463. The van der Waals surface area contributed by atoms with Gasteiger partial charge in [0.1, 0.15) is 0 Å². The Morgan fingerprint density at radius 3 is 2.00 bits per heavy atom. The normalized spacial score (nSPS) is 10.5. The highest BCUT2D eigenvalue weighted by Gasteiger charge is 2.17. The Morgan fingerprint density at radius 1 is 0.962 bits per heavy atom. The van der Waals surface area contributed by atoms with E-state index in [1.807, 2.05) is 65.0 Å². The molecule has 0 aliphatic heterocycles. The number of hydrogen-bond donors (Lipinski definition) is 1. The smallest absolute Gasteiger partial charge is 0.339 e. The van der Waals surface area contributed by atoms with Crippen molar-refractivity contribution in [2.75, 3.05) is 11.9 Å². The molecule has 0 aliphatic rings. The standard InChI is InChI=1S/C22H27NO3/c1-6-17-9-8-10-18(7-2)21(17)23-19(24)13-26-22(25)20-15(4)11-14(3)12-16(20)5/h8-12H,6-7,13H2,1-5H3,(H,23,24). The molecule has 26 heavy (non-hydrogen) atoms. The van der Waals surface area contributed by atoms with Crippen molar-refractivity contribution < 1.29 is 14.3 Å². The molecular formula is C22H27NO3. The van der Waals surface area contributed by atoms with Crippen molar-refractivity contribution in [3.8, 4) is 0 Å². The summed E-state index contributed by atoms with van der Waals surface area (Å²) in [6, 6.07) is 9.87. The van der Waals surface area contributed by atoms with Gasteiger partial charge < -0.3 is 10.1 Å². The first kappa shape index (κ1) is 19.7. The van der Waals surface area contributed by atoms with Gasteiger partial charge in [-0.05, 0) is 55.9 Å². The first-order chi connectivity index (χ1) is 12.4. The summed E-state index contributed by atoms with van der Waals surface area (Å²) >= 11 is 0. The van der Waals surface area contributed by atoms with Crippen LogP contribution in [0.3, 0.4) is 0 Å². The molecule has 0 heterocycles. The molecule has 0 spiro atoms. The first-order valence-corrected chi connectivity index (χ1v) is 9.02. The molecule has 4 nitrogen and oxygen atoms in total. The third-order valence-corrected chi connectivity index (χ3v) is 4.48. The lowest BCUT2D eigenvalue weighted by Crippen LogP contribution is -2.23. The summed E-state index contributed by atoms with van der Waals surface area (Å²) in [5, 5.41) is 2.91. The van der Waals surface area contributed by atoms with Crippen molar-refractivity contribution in [3.63, 3.8) is 0 Å². The van der Waals surface area contributed by atoms with E-state index in [0.717, 1.165) is 46.3 Å². The van der Waals surface area contributed by atoms with E-state index in [9.17, 15) is 9.59 Å². The number of benzene rings is 2. The fraction of sp³-hybridized carbons (Fsp3) is 0.364. The maximum Gasteiger partial charge on any atom is 0.339 e. The second kappa shape index (κ2) is 8.65. The Morgan fingerprint density at radius 2 is 1.50 bits per heavy atom. The third kappa shape index (κ3) is 4.51. The summed E-state index contributed by atoms with van der Waals surface area (Å²) in [5.41, 5.74) is 6.34. The molecule has 2 aromatic rings. The Bertz CT molecular complexity index is 779. The molecule has 0 fully saturated rings. The number of carbonyl (C=O) groups excluding carboxylic acids is 2. The molecule has 2 aromatic carbocycles. The highest BCUT2D eigenvalue weighted by atomic mass is 16.5. The van der Waals surface area contributed by atoms with E-state index in [4.69, 9.17) is 4.74 Å². The van der Waals surface area contributed by atoms with Crippen LogP contribution in [-0.2, 0) is 22.4 Å². The van der Waals surface area contributed by atoms with Crippen molar-refractivity contribution in [3.05, 3.63) is 63.7 Å². The predicted molar refractivity (Wildman–Crippen MR) is 105 cm³/mol. The SMILES string of the molecule is CCc1cccc(CC)c1NC(=O)COC(=O)c1c(C)cc(C)cc1C. The van der Waals surface area contributed by atoms with Crippen molar-refractivity contribution in [2.45, 2.75) is 47.5 Å². The molecule has 0 aliphatic carbocycles. The third-order valence-electron chi connectivity index (χ3n) is 4.48. The summed E-state index contributed by atoms with van der Waals surface area (Å²) in [7, 11) is 0. The zero-order valence-corrected chi connectivity index (χ0v) is 16.2. The van der Waals surface area contributed by atoms with Crippen LogP contribution in [0.2, 0.25) is 0 Å². The summed E-state index contributed by atoms with van der Waals surface area (Å²) in [6.45, 7) is 9.54. The lowest BCUT2D eigenvalue weighted by Gasteiger charge is -2.15. The van der Waals surface area contributed by atoms with Gasteiger partial charge in [0.25, 0.3) is 5.91 Å². The summed E-state index contributed by atoms with van der Waals surface area (Å²) in [4.78, 5) is 24.7. The highest BCUT2D eigenvalue weighted by molar-refractivity contribution is 5.97. The number of rotatable bonds is 6. The predicted octanol–water partition coefficient (Wildman–Crippen LogP) is 4.53. The van der Waals surface area contributed by atoms with Gasteiger partial charge in [0.2, 0.25) is 0 Å². The van der Waals surface area contributed by atoms with E-state index >= 15 is 0 Å². The van der Waals surface area contributed by atoms with Gasteiger partial charge in [0.05, 0.1) is 5.56 Å². The number of nitrogens with one attached hydrogen (secondary N) is 1. The van der Waals surface area contributed by atoms with Gasteiger partial charge in [-0.15, -0.1) is 0 Å². The van der Waals surface area contributed by atoms with E-state index in [-0.39, 0.29) is 12.5 Å². The second-order valence-electron chi connectivity index (χ2n) is 6.56. The molecular weight excluding hydrogens is 326 g/mol. The summed E-state index contributed by atoms with van der Waals surface area (Å²) < 4.78 is 5.26. The Kier molecular flexibility index (Phi) is 6.56. The quantitative estimate of drug-likeness (QED) is 0.776. The zero-order chi connectivity index (χ0) is 19.3. The maximum absolute atomic E-state index is 12.4. The monoisotopic (exact) mass is 353 g/mol. The van der Waals surface area contributed by atoms with Crippen LogP contribution in [0.1, 0.15) is 52.0 Å². The molecule has 1 amide bonds. The lowest BCUT2D eigenvalue weighted by molar-refractivity contribution is -0.119. The molecule has 0 saturated heterocycles. The van der Waals surface area contributed by atoms with Gasteiger partial charge in [-0.2, -0.15) is 0 Å². The first-order valence-electron chi connectivity index (χ1n) is 9.02. The van der Waals surface area contributed by atoms with Gasteiger partial charge in [-0.3, -0.25) is 4.79 Å². The molecule has 0 aromatic heterocycles. The topological polar surface area (TPSA) is 55.4 Å². The van der Waals surface area contributed by atoms with Crippen LogP contribution in [0.25, 0.3) is 0 Å². The van der Waals surface area contributed by atoms with E-state index in [0.29, 0.717) is 5.56 Å². The molecule has 2 rings (SSSR count). The molecule has 138 valence electrons. The van der Waals surface area contributed by atoms with Gasteiger partial charge >= 0.3 is 5.97 Å².